The maximum atomic E-state index is 13.1. The molecule has 0 aromatic heterocycles. The number of nitrogens with zero attached hydrogens (tertiary/aromatic N) is 1. The van der Waals surface area contributed by atoms with Gasteiger partial charge in [-0.15, -0.1) is 0 Å². The van der Waals surface area contributed by atoms with Gasteiger partial charge in [0.15, 0.2) is 0 Å². The first-order chi connectivity index (χ1) is 19.3. The van der Waals surface area contributed by atoms with Crippen molar-refractivity contribution in [1.29, 1.82) is 0 Å². The Morgan fingerprint density at radius 3 is 2.00 bits per heavy atom. The molecule has 15 heteroatoms. The van der Waals surface area contributed by atoms with Crippen LogP contribution in [-0.4, -0.2) is 118 Å². The second-order valence-corrected chi connectivity index (χ2v) is 8.56. The number of benzene rings is 1. The second kappa shape index (κ2) is 15.7. The summed E-state index contributed by atoms with van der Waals surface area (Å²) >= 11 is 0. The molecule has 1 aromatic rings. The van der Waals surface area contributed by atoms with Crippen molar-refractivity contribution in [2.24, 2.45) is 0 Å². The van der Waals surface area contributed by atoms with Crippen molar-refractivity contribution in [2.75, 3.05) is 71.4 Å². The van der Waals surface area contributed by atoms with Gasteiger partial charge in [-0.05, 0) is 18.6 Å². The van der Waals surface area contributed by atoms with Crippen molar-refractivity contribution < 1.29 is 57.6 Å². The number of nitrogens with one attached hydrogen (secondary N) is 2. The van der Waals surface area contributed by atoms with Gasteiger partial charge in [-0.25, -0.2) is 4.79 Å². The number of amides is 5. The van der Waals surface area contributed by atoms with Crippen LogP contribution in [0, 0.1) is 0 Å². The maximum absolute atomic E-state index is 13.1. The van der Waals surface area contributed by atoms with E-state index in [2.05, 4.69) is 10.6 Å². The topological polar surface area (TPSA) is 196 Å². The maximum Gasteiger partial charge on any atom is 0.329 e. The van der Waals surface area contributed by atoms with Crippen molar-refractivity contribution in [2.45, 2.75) is 18.9 Å². The monoisotopic (exact) mass is 565 g/mol. The van der Waals surface area contributed by atoms with Gasteiger partial charge in [0.05, 0.1) is 69.7 Å². The molecule has 0 spiro atoms. The van der Waals surface area contributed by atoms with Crippen molar-refractivity contribution in [3.8, 4) is 0 Å². The van der Waals surface area contributed by atoms with E-state index in [-0.39, 0.29) is 69.3 Å². The Hall–Kier alpha value is -3.76. The Bertz CT molecular complexity index is 1110. The summed E-state index contributed by atoms with van der Waals surface area (Å²) in [6.45, 7) is 1.38. The fraction of sp³-hybridized carbons (Fsp3) is 0.520. The highest BCUT2D eigenvalue weighted by Crippen LogP contribution is 2.32. The van der Waals surface area contributed by atoms with E-state index >= 15 is 0 Å². The lowest BCUT2D eigenvalue weighted by molar-refractivity contribution is -0.143. The second-order valence-electron chi connectivity index (χ2n) is 8.56. The van der Waals surface area contributed by atoms with Crippen LogP contribution in [0.3, 0.4) is 0 Å². The number of carbonyl (C=O) groups excluding carboxylic acids is 5. The molecule has 0 radical (unpaired) electrons. The van der Waals surface area contributed by atoms with Crippen LogP contribution in [-0.2, 0) is 42.9 Å². The molecule has 218 valence electrons. The summed E-state index contributed by atoms with van der Waals surface area (Å²) in [6.07, 6.45) is 0.0349. The van der Waals surface area contributed by atoms with E-state index in [0.29, 0.717) is 26.4 Å². The van der Waals surface area contributed by atoms with E-state index in [0.717, 1.165) is 4.90 Å². The van der Waals surface area contributed by atoms with Crippen LogP contribution in [0.25, 0.3) is 0 Å². The molecule has 1 saturated heterocycles. The Morgan fingerprint density at radius 2 is 1.43 bits per heavy atom. The predicted molar refractivity (Wildman–Crippen MR) is 133 cm³/mol. The zero-order valence-electron chi connectivity index (χ0n) is 21.7. The molecule has 1 fully saturated rings. The van der Waals surface area contributed by atoms with Crippen molar-refractivity contribution in [1.82, 2.24) is 10.2 Å². The number of hydrogen-bond donors (Lipinski definition) is 3. The lowest BCUT2D eigenvalue weighted by Crippen LogP contribution is -2.54. The van der Waals surface area contributed by atoms with Gasteiger partial charge < -0.3 is 34.1 Å². The minimum absolute atomic E-state index is 0.00541. The number of carboxylic acid groups (broad SMARTS) is 1. The number of aliphatic carboxylic acids is 1. The van der Waals surface area contributed by atoms with Crippen LogP contribution in [0.15, 0.2) is 18.2 Å². The molecule has 2 aliphatic heterocycles. The molecule has 40 heavy (non-hydrogen) atoms. The number of piperidine rings is 1. The molecule has 5 amide bonds. The fourth-order valence-electron chi connectivity index (χ4n) is 3.91. The summed E-state index contributed by atoms with van der Waals surface area (Å²) < 4.78 is 26.0. The molecule has 0 aliphatic carbocycles. The Morgan fingerprint density at radius 1 is 0.850 bits per heavy atom. The number of rotatable bonds is 18. The highest BCUT2D eigenvalue weighted by Gasteiger charge is 2.45. The van der Waals surface area contributed by atoms with Gasteiger partial charge in [-0.2, -0.15) is 0 Å². The Balaban J connectivity index is 1.29. The average molecular weight is 566 g/mol. The van der Waals surface area contributed by atoms with E-state index in [9.17, 15) is 28.8 Å². The van der Waals surface area contributed by atoms with Crippen LogP contribution in [0.2, 0.25) is 0 Å². The zero-order valence-corrected chi connectivity index (χ0v) is 21.7. The molecule has 0 bridgehead atoms. The zero-order chi connectivity index (χ0) is 28.9. The third-order valence-corrected chi connectivity index (χ3v) is 5.69. The number of anilines is 1. The molecule has 2 heterocycles. The number of ether oxygens (including phenoxy) is 5. The minimum atomic E-state index is -1.10. The van der Waals surface area contributed by atoms with Crippen LogP contribution < -0.4 is 10.6 Å². The summed E-state index contributed by atoms with van der Waals surface area (Å²) in [5, 5.41) is 13.1. The third-order valence-electron chi connectivity index (χ3n) is 5.69. The van der Waals surface area contributed by atoms with Gasteiger partial charge in [0.2, 0.25) is 17.7 Å². The number of fused-ring (bicyclic) bond motifs is 1. The van der Waals surface area contributed by atoms with E-state index in [4.69, 9.17) is 28.8 Å². The van der Waals surface area contributed by atoms with Crippen LogP contribution in [0.5, 0.6) is 0 Å². The standard InChI is InChI=1S/C25H31N3O12/c29-19-5-4-18(23(33)27-19)28-24(34)16-2-1-3-17(22(16)25(28)35)26-20(30)14-39-12-10-37-8-6-36-7-9-38-11-13-40-15-21(31)32/h1-3,18H,4-15H2,(H,26,30)(H,31,32)(H,27,29,33). The number of hydrogen-bond acceptors (Lipinski definition) is 11. The molecule has 3 rings (SSSR count). The Labute approximate surface area is 229 Å². The van der Waals surface area contributed by atoms with E-state index in [1.54, 1.807) is 0 Å². The smallest absolute Gasteiger partial charge is 0.329 e. The average Bonchev–Trinajstić information content (AvgIpc) is 3.16. The van der Waals surface area contributed by atoms with Crippen molar-refractivity contribution in [3.63, 3.8) is 0 Å². The number of carboxylic acids is 1. The highest BCUT2D eigenvalue weighted by molar-refractivity contribution is 6.26. The molecule has 3 N–H and O–H groups in total. The largest absolute Gasteiger partial charge is 0.480 e. The summed E-state index contributed by atoms with van der Waals surface area (Å²) in [4.78, 5) is 73.0. The molecule has 1 atom stereocenters. The molecule has 0 saturated carbocycles. The third kappa shape index (κ3) is 8.89. The van der Waals surface area contributed by atoms with E-state index < -0.39 is 41.5 Å². The van der Waals surface area contributed by atoms with Crippen molar-refractivity contribution >= 4 is 41.2 Å². The number of carbonyl (C=O) groups is 6. The van der Waals surface area contributed by atoms with Crippen LogP contribution >= 0.6 is 0 Å². The predicted octanol–water partition coefficient (Wildman–Crippen LogP) is -0.806. The number of imide groups is 2. The molecule has 1 aromatic carbocycles. The van der Waals surface area contributed by atoms with Gasteiger partial charge in [0.1, 0.15) is 19.3 Å². The minimum Gasteiger partial charge on any atom is -0.480 e. The van der Waals surface area contributed by atoms with Gasteiger partial charge in [-0.1, -0.05) is 6.07 Å². The van der Waals surface area contributed by atoms with Gasteiger partial charge in [0, 0.05) is 6.42 Å². The van der Waals surface area contributed by atoms with Crippen molar-refractivity contribution in [3.05, 3.63) is 29.3 Å². The molecule has 2 aliphatic rings. The summed E-state index contributed by atoms with van der Waals surface area (Å²) in [5.41, 5.74) is 0.149. The SMILES string of the molecule is O=C(O)COCCOCCOCCOCCOCC(=O)Nc1cccc2c1C(=O)N(C1CCC(=O)NC1=O)C2=O. The van der Waals surface area contributed by atoms with E-state index in [1.165, 1.54) is 18.2 Å². The summed E-state index contributed by atoms with van der Waals surface area (Å²) in [6, 6.07) is 3.31. The first kappa shape index (κ1) is 30.8. The fourth-order valence-corrected chi connectivity index (χ4v) is 3.91. The van der Waals surface area contributed by atoms with Gasteiger partial charge >= 0.3 is 5.97 Å². The van der Waals surface area contributed by atoms with E-state index in [1.807, 2.05) is 0 Å². The van der Waals surface area contributed by atoms with Gasteiger partial charge in [-0.3, -0.25) is 34.2 Å². The molecular weight excluding hydrogens is 534 g/mol. The normalized spacial score (nSPS) is 16.7. The summed E-state index contributed by atoms with van der Waals surface area (Å²) in [5.74, 6) is -4.17. The van der Waals surface area contributed by atoms with Gasteiger partial charge in [0.25, 0.3) is 11.8 Å². The Kier molecular flexibility index (Phi) is 12.1. The first-order valence-electron chi connectivity index (χ1n) is 12.5. The quantitative estimate of drug-likeness (QED) is 0.148. The molecule has 15 nitrogen and oxygen atoms in total. The lowest BCUT2D eigenvalue weighted by Gasteiger charge is -2.27. The molecule has 1 unspecified atom stereocenters. The van der Waals surface area contributed by atoms with Crippen LogP contribution in [0.1, 0.15) is 33.6 Å². The lowest BCUT2D eigenvalue weighted by atomic mass is 10.0. The first-order valence-corrected chi connectivity index (χ1v) is 12.5. The van der Waals surface area contributed by atoms with Crippen LogP contribution in [0.4, 0.5) is 5.69 Å². The molecular formula is C25H31N3O12. The summed E-state index contributed by atoms with van der Waals surface area (Å²) in [7, 11) is 0. The highest BCUT2D eigenvalue weighted by atomic mass is 16.6.